The summed E-state index contributed by atoms with van der Waals surface area (Å²) in [5.74, 6) is -0.547. The third-order valence-corrected chi connectivity index (χ3v) is 7.50. The molecular weight excluding hydrogens is 446 g/mol. The Morgan fingerprint density at radius 1 is 1.03 bits per heavy atom. The molecule has 0 unspecified atom stereocenters. The number of nitrogens with zero attached hydrogens (tertiary/aromatic N) is 1. The van der Waals surface area contributed by atoms with E-state index in [-0.39, 0.29) is 17.6 Å². The van der Waals surface area contributed by atoms with Gasteiger partial charge < -0.3 is 19.1 Å². The lowest BCUT2D eigenvalue weighted by Crippen LogP contribution is -2.43. The molecule has 0 bridgehead atoms. The maximum absolute atomic E-state index is 13.0. The number of anilines is 1. The molecule has 0 aliphatic carbocycles. The molecule has 2 aliphatic heterocycles. The summed E-state index contributed by atoms with van der Waals surface area (Å²) in [6, 6.07) is 14.9. The maximum Gasteiger partial charge on any atom is 0.338 e. The fourth-order valence-electron chi connectivity index (χ4n) is 4.06. The third-order valence-electron chi connectivity index (χ3n) is 5.75. The van der Waals surface area contributed by atoms with Gasteiger partial charge in [-0.1, -0.05) is 18.2 Å². The molecule has 0 saturated carbocycles. The van der Waals surface area contributed by atoms with Gasteiger partial charge in [-0.05, 0) is 55.7 Å². The molecule has 33 heavy (non-hydrogen) atoms. The fraction of sp³-hybridized carbons (Fsp3) is 0.417. The van der Waals surface area contributed by atoms with Gasteiger partial charge in [0.05, 0.1) is 29.2 Å². The quantitative estimate of drug-likeness (QED) is 0.544. The number of benzene rings is 2. The molecule has 4 rings (SSSR count). The van der Waals surface area contributed by atoms with Crippen molar-refractivity contribution in [2.45, 2.75) is 31.4 Å². The van der Waals surface area contributed by atoms with Gasteiger partial charge in [-0.25, -0.2) is 13.2 Å². The third kappa shape index (κ3) is 6.11. The summed E-state index contributed by atoms with van der Waals surface area (Å²) < 4.78 is 40.4. The van der Waals surface area contributed by atoms with Crippen LogP contribution in [0.1, 0.15) is 29.6 Å². The van der Waals surface area contributed by atoms with Crippen LogP contribution < -0.4 is 9.64 Å². The zero-order valence-electron chi connectivity index (χ0n) is 18.2. The van der Waals surface area contributed by atoms with Crippen LogP contribution in [-0.4, -0.2) is 63.8 Å². The molecular formula is C24H27NO7S. The summed E-state index contributed by atoms with van der Waals surface area (Å²) in [6.07, 6.45) is 2.47. The Balaban J connectivity index is 1.35. The van der Waals surface area contributed by atoms with E-state index in [9.17, 15) is 18.0 Å². The van der Waals surface area contributed by atoms with E-state index >= 15 is 0 Å². The monoisotopic (exact) mass is 473 g/mol. The molecule has 0 aromatic heterocycles. The minimum Gasteiger partial charge on any atom is -0.491 e. The predicted molar refractivity (Wildman–Crippen MR) is 122 cm³/mol. The molecule has 2 atom stereocenters. The van der Waals surface area contributed by atoms with E-state index in [1.54, 1.807) is 48.5 Å². The van der Waals surface area contributed by atoms with Gasteiger partial charge in [0.1, 0.15) is 12.4 Å². The Morgan fingerprint density at radius 2 is 1.79 bits per heavy atom. The summed E-state index contributed by atoms with van der Waals surface area (Å²) in [5.41, 5.74) is 0.871. The van der Waals surface area contributed by atoms with Gasteiger partial charge in [-0.15, -0.1) is 0 Å². The minimum absolute atomic E-state index is 0.0371. The number of carbonyl (C=O) groups is 2. The fourth-order valence-corrected chi connectivity index (χ4v) is 5.76. The van der Waals surface area contributed by atoms with Crippen LogP contribution in [0.3, 0.4) is 0 Å². The zero-order chi connectivity index (χ0) is 23.3. The van der Waals surface area contributed by atoms with Crippen LogP contribution in [0, 0.1) is 0 Å². The topological polar surface area (TPSA) is 99.2 Å². The average Bonchev–Trinajstić information content (AvgIpc) is 3.46. The molecule has 8 nitrogen and oxygen atoms in total. The van der Waals surface area contributed by atoms with Crippen molar-refractivity contribution in [1.82, 2.24) is 0 Å². The Morgan fingerprint density at radius 3 is 2.42 bits per heavy atom. The van der Waals surface area contributed by atoms with Crippen molar-refractivity contribution in [3.8, 4) is 5.75 Å². The first-order valence-electron chi connectivity index (χ1n) is 11.0. The van der Waals surface area contributed by atoms with Crippen LogP contribution in [0.2, 0.25) is 0 Å². The van der Waals surface area contributed by atoms with Crippen molar-refractivity contribution < 1.29 is 32.2 Å². The van der Waals surface area contributed by atoms with Crippen molar-refractivity contribution in [1.29, 1.82) is 0 Å². The van der Waals surface area contributed by atoms with Crippen molar-refractivity contribution in [2.75, 3.05) is 36.2 Å². The lowest BCUT2D eigenvalue weighted by molar-refractivity contribution is -0.122. The molecule has 9 heteroatoms. The SMILES string of the molecule is O=C(OCC(=O)N(c1ccccc1)[C@H]1CCS(=O)(=O)C1)c1ccc(OC[C@H]2CCCO2)cc1. The van der Waals surface area contributed by atoms with Gasteiger partial charge in [0, 0.05) is 12.3 Å². The van der Waals surface area contributed by atoms with Crippen LogP contribution in [0.5, 0.6) is 5.75 Å². The number of hydrogen-bond donors (Lipinski definition) is 0. The summed E-state index contributed by atoms with van der Waals surface area (Å²) in [6.45, 7) is 0.738. The zero-order valence-corrected chi connectivity index (χ0v) is 19.0. The highest BCUT2D eigenvalue weighted by Crippen LogP contribution is 2.25. The van der Waals surface area contributed by atoms with Crippen molar-refractivity contribution in [3.05, 3.63) is 60.2 Å². The second kappa shape index (κ2) is 10.4. The Bertz CT molecular complexity index is 1060. The van der Waals surface area contributed by atoms with Crippen LogP contribution >= 0.6 is 0 Å². The maximum atomic E-state index is 13.0. The van der Waals surface area contributed by atoms with Gasteiger partial charge in [0.25, 0.3) is 5.91 Å². The van der Waals surface area contributed by atoms with Gasteiger partial charge in [-0.3, -0.25) is 4.79 Å². The summed E-state index contributed by atoms with van der Waals surface area (Å²) in [5, 5.41) is 0. The summed E-state index contributed by atoms with van der Waals surface area (Å²) in [4.78, 5) is 26.9. The minimum atomic E-state index is -3.19. The van der Waals surface area contributed by atoms with Gasteiger partial charge >= 0.3 is 5.97 Å². The number of rotatable bonds is 8. The average molecular weight is 474 g/mol. The Kier molecular flexibility index (Phi) is 7.29. The van der Waals surface area contributed by atoms with E-state index in [4.69, 9.17) is 14.2 Å². The molecule has 176 valence electrons. The van der Waals surface area contributed by atoms with Gasteiger partial charge in [-0.2, -0.15) is 0 Å². The molecule has 2 heterocycles. The Hall–Kier alpha value is -2.91. The predicted octanol–water partition coefficient (Wildman–Crippen LogP) is 2.62. The first-order valence-corrected chi connectivity index (χ1v) is 12.8. The van der Waals surface area contributed by atoms with Crippen LogP contribution in [-0.2, 0) is 24.1 Å². The van der Waals surface area contributed by atoms with Crippen LogP contribution in [0.15, 0.2) is 54.6 Å². The number of para-hydroxylation sites is 1. The first kappa shape index (κ1) is 23.3. The van der Waals surface area contributed by atoms with Crippen molar-refractivity contribution in [2.24, 2.45) is 0 Å². The molecule has 2 saturated heterocycles. The van der Waals surface area contributed by atoms with E-state index < -0.39 is 34.4 Å². The molecule has 2 aliphatic rings. The Labute approximate surface area is 193 Å². The van der Waals surface area contributed by atoms with Crippen LogP contribution in [0.25, 0.3) is 0 Å². The number of esters is 1. The van der Waals surface area contributed by atoms with Crippen LogP contribution in [0.4, 0.5) is 5.69 Å². The number of carbonyl (C=O) groups excluding carboxylic acids is 2. The largest absolute Gasteiger partial charge is 0.491 e. The van der Waals surface area contributed by atoms with Gasteiger partial charge in [0.15, 0.2) is 16.4 Å². The number of ether oxygens (including phenoxy) is 3. The van der Waals surface area contributed by atoms with E-state index in [0.717, 1.165) is 19.4 Å². The van der Waals surface area contributed by atoms with E-state index in [2.05, 4.69) is 0 Å². The van der Waals surface area contributed by atoms with E-state index in [1.165, 1.54) is 4.90 Å². The number of hydrogen-bond acceptors (Lipinski definition) is 7. The van der Waals surface area contributed by atoms with Crippen molar-refractivity contribution in [3.63, 3.8) is 0 Å². The lowest BCUT2D eigenvalue weighted by Gasteiger charge is -2.28. The molecule has 1 amide bonds. The number of amides is 1. The normalized spacial score (nSPS) is 21.5. The molecule has 0 spiro atoms. The highest BCUT2D eigenvalue weighted by Gasteiger charge is 2.35. The molecule has 0 radical (unpaired) electrons. The smallest absolute Gasteiger partial charge is 0.338 e. The molecule has 2 aromatic rings. The highest BCUT2D eigenvalue weighted by molar-refractivity contribution is 7.91. The molecule has 2 fully saturated rings. The molecule has 2 aromatic carbocycles. The molecule has 0 N–H and O–H groups in total. The first-order chi connectivity index (χ1) is 15.9. The van der Waals surface area contributed by atoms with Gasteiger partial charge in [0.2, 0.25) is 0 Å². The lowest BCUT2D eigenvalue weighted by atomic mass is 10.2. The summed E-state index contributed by atoms with van der Waals surface area (Å²) >= 11 is 0. The van der Waals surface area contributed by atoms with E-state index in [0.29, 0.717) is 30.0 Å². The summed E-state index contributed by atoms with van der Waals surface area (Å²) in [7, 11) is -3.19. The van der Waals surface area contributed by atoms with E-state index in [1.807, 2.05) is 6.07 Å². The van der Waals surface area contributed by atoms with Crippen molar-refractivity contribution >= 4 is 27.4 Å². The number of sulfone groups is 1. The second-order valence-electron chi connectivity index (χ2n) is 8.20. The highest BCUT2D eigenvalue weighted by atomic mass is 32.2. The standard InChI is InChI=1S/C24H27NO7S/c26-23(25(19-5-2-1-3-6-19)20-12-14-33(28,29)17-20)16-32-24(27)18-8-10-21(11-9-18)31-15-22-7-4-13-30-22/h1-3,5-6,8-11,20,22H,4,7,12-17H2/t20-,22+/m0/s1. The second-order valence-corrected chi connectivity index (χ2v) is 10.4.